The van der Waals surface area contributed by atoms with Gasteiger partial charge in [-0.3, -0.25) is 4.79 Å². The van der Waals surface area contributed by atoms with E-state index in [0.717, 1.165) is 37.0 Å². The van der Waals surface area contributed by atoms with Gasteiger partial charge in [-0.25, -0.2) is 0 Å². The molecule has 0 aromatic carbocycles. The molecule has 1 heteroatoms. The second-order valence-electron chi connectivity index (χ2n) is 11.1. The summed E-state index contributed by atoms with van der Waals surface area (Å²) in [7, 11) is 0. The Hall–Kier alpha value is -1.11. The molecule has 4 aliphatic rings. The van der Waals surface area contributed by atoms with Gasteiger partial charge >= 0.3 is 0 Å². The molecular weight excluding hydrogens is 340 g/mol. The number of hydrogen-bond donors (Lipinski definition) is 0. The lowest BCUT2D eigenvalue weighted by Gasteiger charge is -2.55. The van der Waals surface area contributed by atoms with Gasteiger partial charge in [-0.1, -0.05) is 50.0 Å². The van der Waals surface area contributed by atoms with Crippen molar-refractivity contribution in [1.29, 1.82) is 0 Å². The summed E-state index contributed by atoms with van der Waals surface area (Å²) in [6.07, 6.45) is 16.8. The van der Waals surface area contributed by atoms with Gasteiger partial charge in [0.2, 0.25) is 0 Å². The van der Waals surface area contributed by atoms with Crippen LogP contribution in [0, 0.1) is 34.5 Å². The van der Waals surface area contributed by atoms with E-state index in [4.69, 9.17) is 0 Å². The third-order valence-corrected chi connectivity index (χ3v) is 9.42. The fraction of sp³-hybridized carbons (Fsp3) is 0.741. The van der Waals surface area contributed by atoms with Gasteiger partial charge in [0.25, 0.3) is 0 Å². The molecule has 6 atom stereocenters. The molecule has 2 saturated carbocycles. The molecule has 0 saturated heterocycles. The summed E-state index contributed by atoms with van der Waals surface area (Å²) in [4.78, 5) is 12.0. The van der Waals surface area contributed by atoms with Crippen LogP contribution in [0.2, 0.25) is 0 Å². The van der Waals surface area contributed by atoms with Crippen molar-refractivity contribution in [3.63, 3.8) is 0 Å². The molecule has 0 aromatic rings. The Balaban J connectivity index is 1.54. The summed E-state index contributed by atoms with van der Waals surface area (Å²) in [6, 6.07) is 0. The first kappa shape index (κ1) is 20.2. The van der Waals surface area contributed by atoms with Crippen LogP contribution in [0.4, 0.5) is 0 Å². The summed E-state index contributed by atoms with van der Waals surface area (Å²) in [6.45, 7) is 13.9. The van der Waals surface area contributed by atoms with Crippen molar-refractivity contribution in [1.82, 2.24) is 0 Å². The van der Waals surface area contributed by atoms with E-state index in [-0.39, 0.29) is 5.41 Å². The van der Waals surface area contributed by atoms with Crippen molar-refractivity contribution in [2.75, 3.05) is 0 Å². The zero-order valence-corrected chi connectivity index (χ0v) is 18.7. The summed E-state index contributed by atoms with van der Waals surface area (Å²) in [5.41, 5.74) is 5.30. The SMILES string of the molecule is C=C(C)CCC[C@@H](C)[C@H]1CC[C@H]2C3=CCC4=CC(=O)CC[C@]4(C)[C@H]3CC[C@]12C. The predicted molar refractivity (Wildman–Crippen MR) is 118 cm³/mol. The Labute approximate surface area is 172 Å². The minimum absolute atomic E-state index is 0.254. The van der Waals surface area contributed by atoms with Crippen molar-refractivity contribution in [2.24, 2.45) is 34.5 Å². The predicted octanol–water partition coefficient (Wildman–Crippen LogP) is 7.44. The Morgan fingerprint density at radius 3 is 2.75 bits per heavy atom. The van der Waals surface area contributed by atoms with Crippen LogP contribution >= 0.6 is 0 Å². The molecule has 0 bridgehead atoms. The van der Waals surface area contributed by atoms with Gasteiger partial charge in [0.1, 0.15) is 0 Å². The number of ketones is 1. The van der Waals surface area contributed by atoms with Crippen LogP contribution in [0.3, 0.4) is 0 Å². The first-order valence-electron chi connectivity index (χ1n) is 11.8. The van der Waals surface area contributed by atoms with E-state index in [1.165, 1.54) is 56.1 Å². The Bertz CT molecular complexity index is 725. The van der Waals surface area contributed by atoms with Crippen molar-refractivity contribution in [3.05, 3.63) is 35.5 Å². The van der Waals surface area contributed by atoms with E-state index in [9.17, 15) is 4.79 Å². The average Bonchev–Trinajstić information content (AvgIpc) is 2.99. The molecule has 0 unspecified atom stereocenters. The van der Waals surface area contributed by atoms with Crippen molar-refractivity contribution < 1.29 is 4.79 Å². The fourth-order valence-corrected chi connectivity index (χ4v) is 7.76. The number of fused-ring (bicyclic) bond motifs is 5. The molecule has 154 valence electrons. The summed E-state index contributed by atoms with van der Waals surface area (Å²) in [5, 5.41) is 0. The first-order chi connectivity index (χ1) is 13.3. The molecule has 2 fully saturated rings. The van der Waals surface area contributed by atoms with Gasteiger partial charge in [-0.05, 0) is 98.9 Å². The number of rotatable bonds is 5. The molecule has 1 nitrogen and oxygen atoms in total. The quantitative estimate of drug-likeness (QED) is 0.453. The summed E-state index contributed by atoms with van der Waals surface area (Å²) < 4.78 is 0. The molecule has 0 aliphatic heterocycles. The number of carbonyl (C=O) groups excluding carboxylic acids is 1. The highest BCUT2D eigenvalue weighted by atomic mass is 16.1. The lowest BCUT2D eigenvalue weighted by atomic mass is 9.50. The number of carbonyl (C=O) groups is 1. The van der Waals surface area contributed by atoms with Gasteiger partial charge in [-0.15, -0.1) is 6.58 Å². The first-order valence-corrected chi connectivity index (χ1v) is 11.8. The minimum atomic E-state index is 0.254. The Kier molecular flexibility index (Phi) is 5.26. The van der Waals surface area contributed by atoms with E-state index < -0.39 is 0 Å². The maximum absolute atomic E-state index is 12.0. The van der Waals surface area contributed by atoms with Gasteiger partial charge < -0.3 is 0 Å². The minimum Gasteiger partial charge on any atom is -0.295 e. The highest BCUT2D eigenvalue weighted by Gasteiger charge is 2.56. The monoisotopic (exact) mass is 380 g/mol. The molecule has 4 aliphatic carbocycles. The van der Waals surface area contributed by atoms with Crippen LogP contribution < -0.4 is 0 Å². The average molecular weight is 381 g/mol. The zero-order chi connectivity index (χ0) is 20.1. The molecule has 0 radical (unpaired) electrons. The molecule has 0 N–H and O–H groups in total. The van der Waals surface area contributed by atoms with Gasteiger partial charge in [0.05, 0.1) is 0 Å². The molecule has 0 amide bonds. The van der Waals surface area contributed by atoms with Crippen LogP contribution in [0.1, 0.15) is 91.9 Å². The van der Waals surface area contributed by atoms with Crippen molar-refractivity contribution >= 4 is 5.78 Å². The van der Waals surface area contributed by atoms with Crippen LogP contribution in [-0.4, -0.2) is 5.78 Å². The highest BCUT2D eigenvalue weighted by Crippen LogP contribution is 2.66. The van der Waals surface area contributed by atoms with Crippen LogP contribution in [0.25, 0.3) is 0 Å². The van der Waals surface area contributed by atoms with Gasteiger partial charge in [-0.2, -0.15) is 0 Å². The van der Waals surface area contributed by atoms with Crippen LogP contribution in [0.5, 0.6) is 0 Å². The zero-order valence-electron chi connectivity index (χ0n) is 18.7. The molecule has 0 spiro atoms. The third kappa shape index (κ3) is 3.17. The maximum Gasteiger partial charge on any atom is 0.155 e. The van der Waals surface area contributed by atoms with E-state index in [0.29, 0.717) is 17.1 Å². The largest absolute Gasteiger partial charge is 0.295 e. The van der Waals surface area contributed by atoms with Crippen LogP contribution in [-0.2, 0) is 4.79 Å². The summed E-state index contributed by atoms with van der Waals surface area (Å²) >= 11 is 0. The summed E-state index contributed by atoms with van der Waals surface area (Å²) in [5.74, 6) is 3.54. The normalized spacial score (nSPS) is 40.7. The van der Waals surface area contributed by atoms with Gasteiger partial charge in [0, 0.05) is 6.42 Å². The third-order valence-electron chi connectivity index (χ3n) is 9.42. The molecule has 4 rings (SSSR count). The molecule has 0 heterocycles. The lowest BCUT2D eigenvalue weighted by molar-refractivity contribution is -0.116. The fourth-order valence-electron chi connectivity index (χ4n) is 7.76. The topological polar surface area (TPSA) is 17.1 Å². The smallest absolute Gasteiger partial charge is 0.155 e. The van der Waals surface area contributed by atoms with Crippen molar-refractivity contribution in [2.45, 2.75) is 91.9 Å². The van der Waals surface area contributed by atoms with E-state index in [1.807, 2.05) is 6.08 Å². The highest BCUT2D eigenvalue weighted by molar-refractivity contribution is 5.91. The Morgan fingerprint density at radius 2 is 2.00 bits per heavy atom. The van der Waals surface area contributed by atoms with Crippen molar-refractivity contribution in [3.8, 4) is 0 Å². The van der Waals surface area contributed by atoms with E-state index in [2.05, 4.69) is 40.3 Å². The Morgan fingerprint density at radius 1 is 1.21 bits per heavy atom. The molecule has 28 heavy (non-hydrogen) atoms. The lowest BCUT2D eigenvalue weighted by Crippen LogP contribution is -2.46. The van der Waals surface area contributed by atoms with E-state index in [1.54, 1.807) is 5.57 Å². The second-order valence-corrected chi connectivity index (χ2v) is 11.1. The van der Waals surface area contributed by atoms with Gasteiger partial charge in [0.15, 0.2) is 5.78 Å². The maximum atomic E-state index is 12.0. The molecular formula is C27H40O. The number of hydrogen-bond acceptors (Lipinski definition) is 1. The van der Waals surface area contributed by atoms with Crippen LogP contribution in [0.15, 0.2) is 35.5 Å². The van der Waals surface area contributed by atoms with E-state index >= 15 is 0 Å². The second kappa shape index (κ2) is 7.29. The molecule has 0 aromatic heterocycles. The standard InChI is InChI=1S/C27H40O/c1-18(2)7-6-8-19(3)23-11-12-24-22-10-9-20-17-21(28)13-15-26(20,4)25(22)14-16-27(23,24)5/h10,17,19,23-25H,1,6-9,11-16H2,2-5H3/t19-,23-,24+,25+,26+,27-/m1/s1. The number of allylic oxidation sites excluding steroid dienone is 5.